The fraction of sp³-hybridized carbons (Fsp3) is 0.214. The van der Waals surface area contributed by atoms with E-state index in [9.17, 15) is 4.79 Å². The first kappa shape index (κ1) is 13.0. The molecule has 98 valence electrons. The average Bonchev–Trinajstić information content (AvgIpc) is 2.38. The van der Waals surface area contributed by atoms with Crippen LogP contribution in [0, 0.1) is 13.8 Å². The molecule has 0 radical (unpaired) electrons. The Labute approximate surface area is 110 Å². The largest absolute Gasteiger partial charge is 0.479 e. The topological polar surface area (TPSA) is 72.3 Å². The Bertz CT molecular complexity index is 574. The van der Waals surface area contributed by atoms with Gasteiger partial charge in [0.25, 0.3) is 0 Å². The van der Waals surface area contributed by atoms with Crippen LogP contribution in [0.2, 0.25) is 0 Å². The normalized spacial score (nSPS) is 10.2. The SMILES string of the molecule is Cc1nc(-c2ccccc2)nc(C)c1OCC(=O)O. The molecule has 0 atom stereocenters. The minimum atomic E-state index is -1.02. The summed E-state index contributed by atoms with van der Waals surface area (Å²) in [7, 11) is 0. The maximum atomic E-state index is 10.5. The summed E-state index contributed by atoms with van der Waals surface area (Å²) in [6, 6.07) is 9.60. The van der Waals surface area contributed by atoms with E-state index in [2.05, 4.69) is 9.97 Å². The molecule has 2 rings (SSSR count). The summed E-state index contributed by atoms with van der Waals surface area (Å²) < 4.78 is 5.20. The van der Waals surface area contributed by atoms with Gasteiger partial charge in [0, 0.05) is 5.56 Å². The van der Waals surface area contributed by atoms with E-state index in [0.717, 1.165) is 5.56 Å². The van der Waals surface area contributed by atoms with Crippen molar-refractivity contribution in [3.63, 3.8) is 0 Å². The van der Waals surface area contributed by atoms with E-state index in [4.69, 9.17) is 9.84 Å². The Hall–Kier alpha value is -2.43. The fourth-order valence-electron chi connectivity index (χ4n) is 1.77. The number of ether oxygens (including phenoxy) is 1. The molecule has 1 N–H and O–H groups in total. The van der Waals surface area contributed by atoms with Crippen molar-refractivity contribution >= 4 is 5.97 Å². The predicted octanol–water partition coefficient (Wildman–Crippen LogP) is 2.22. The van der Waals surface area contributed by atoms with Crippen molar-refractivity contribution in [1.82, 2.24) is 9.97 Å². The standard InChI is InChI=1S/C14H14N2O3/c1-9-13(19-8-12(17)18)10(2)16-14(15-9)11-6-4-3-5-7-11/h3-7H,8H2,1-2H3,(H,17,18). The third-order valence-electron chi connectivity index (χ3n) is 2.58. The minimum absolute atomic E-state index is 0.393. The minimum Gasteiger partial charge on any atom is -0.479 e. The summed E-state index contributed by atoms with van der Waals surface area (Å²) in [5.41, 5.74) is 2.18. The number of aromatic nitrogens is 2. The first-order valence-corrected chi connectivity index (χ1v) is 5.83. The van der Waals surface area contributed by atoms with Gasteiger partial charge in [0.15, 0.2) is 18.2 Å². The molecule has 1 heterocycles. The molecule has 1 aromatic carbocycles. The van der Waals surface area contributed by atoms with Crippen molar-refractivity contribution in [2.24, 2.45) is 0 Å². The Kier molecular flexibility index (Phi) is 3.75. The molecule has 0 aliphatic heterocycles. The fourth-order valence-corrected chi connectivity index (χ4v) is 1.77. The van der Waals surface area contributed by atoms with Crippen LogP contribution in [0.5, 0.6) is 5.75 Å². The zero-order valence-corrected chi connectivity index (χ0v) is 10.8. The van der Waals surface area contributed by atoms with E-state index in [1.165, 1.54) is 0 Å². The molecule has 1 aromatic heterocycles. The van der Waals surface area contributed by atoms with E-state index < -0.39 is 12.6 Å². The van der Waals surface area contributed by atoms with Crippen molar-refractivity contribution < 1.29 is 14.6 Å². The van der Waals surface area contributed by atoms with Gasteiger partial charge in [-0.05, 0) is 13.8 Å². The van der Waals surface area contributed by atoms with Gasteiger partial charge in [-0.2, -0.15) is 0 Å². The molecule has 0 saturated heterocycles. The number of carboxylic acids is 1. The smallest absolute Gasteiger partial charge is 0.341 e. The molecular weight excluding hydrogens is 244 g/mol. The average molecular weight is 258 g/mol. The van der Waals surface area contributed by atoms with Crippen molar-refractivity contribution in [3.8, 4) is 17.1 Å². The lowest BCUT2D eigenvalue weighted by Gasteiger charge is -2.11. The first-order valence-electron chi connectivity index (χ1n) is 5.83. The van der Waals surface area contributed by atoms with Crippen LogP contribution in [-0.4, -0.2) is 27.7 Å². The Morgan fingerprint density at radius 1 is 1.16 bits per heavy atom. The number of carbonyl (C=O) groups is 1. The number of nitrogens with zero attached hydrogens (tertiary/aromatic N) is 2. The van der Waals surface area contributed by atoms with Gasteiger partial charge in [0.05, 0.1) is 11.4 Å². The van der Waals surface area contributed by atoms with Crippen LogP contribution >= 0.6 is 0 Å². The summed E-state index contributed by atoms with van der Waals surface area (Å²) in [4.78, 5) is 19.2. The van der Waals surface area contributed by atoms with Crippen LogP contribution in [0.1, 0.15) is 11.4 Å². The molecule has 5 heteroatoms. The molecular formula is C14H14N2O3. The van der Waals surface area contributed by atoms with E-state index in [1.54, 1.807) is 13.8 Å². The number of carboxylic acid groups (broad SMARTS) is 1. The third-order valence-corrected chi connectivity index (χ3v) is 2.58. The van der Waals surface area contributed by atoms with E-state index in [0.29, 0.717) is 23.0 Å². The van der Waals surface area contributed by atoms with Crippen molar-refractivity contribution in [2.75, 3.05) is 6.61 Å². The number of aliphatic carboxylic acids is 1. The molecule has 0 aliphatic carbocycles. The highest BCUT2D eigenvalue weighted by atomic mass is 16.5. The zero-order chi connectivity index (χ0) is 13.8. The van der Waals surface area contributed by atoms with Crippen LogP contribution in [-0.2, 0) is 4.79 Å². The molecule has 2 aromatic rings. The molecule has 0 unspecified atom stereocenters. The van der Waals surface area contributed by atoms with Gasteiger partial charge >= 0.3 is 5.97 Å². The van der Waals surface area contributed by atoms with E-state index in [-0.39, 0.29) is 0 Å². The Balaban J connectivity index is 2.34. The molecule has 0 aliphatic rings. The molecule has 0 fully saturated rings. The monoisotopic (exact) mass is 258 g/mol. The van der Waals surface area contributed by atoms with Crippen LogP contribution in [0.4, 0.5) is 0 Å². The van der Waals surface area contributed by atoms with Gasteiger partial charge in [0.2, 0.25) is 0 Å². The van der Waals surface area contributed by atoms with E-state index >= 15 is 0 Å². The quantitative estimate of drug-likeness (QED) is 0.910. The van der Waals surface area contributed by atoms with Crippen molar-refractivity contribution in [2.45, 2.75) is 13.8 Å². The van der Waals surface area contributed by atoms with Gasteiger partial charge in [0.1, 0.15) is 0 Å². The summed E-state index contributed by atoms with van der Waals surface area (Å²) in [5, 5.41) is 8.62. The second-order valence-corrected chi connectivity index (χ2v) is 4.10. The lowest BCUT2D eigenvalue weighted by atomic mass is 10.2. The van der Waals surface area contributed by atoms with Gasteiger partial charge in [-0.3, -0.25) is 0 Å². The van der Waals surface area contributed by atoms with Crippen LogP contribution < -0.4 is 4.74 Å². The van der Waals surface area contributed by atoms with Crippen molar-refractivity contribution in [1.29, 1.82) is 0 Å². The maximum Gasteiger partial charge on any atom is 0.341 e. The second kappa shape index (κ2) is 5.48. The highest BCUT2D eigenvalue weighted by molar-refractivity contribution is 5.68. The predicted molar refractivity (Wildman–Crippen MR) is 70.1 cm³/mol. The summed E-state index contributed by atoms with van der Waals surface area (Å²) in [6.45, 7) is 3.16. The number of hydrogen-bond donors (Lipinski definition) is 1. The van der Waals surface area contributed by atoms with E-state index in [1.807, 2.05) is 30.3 Å². The summed E-state index contributed by atoms with van der Waals surface area (Å²) >= 11 is 0. The summed E-state index contributed by atoms with van der Waals surface area (Å²) in [5.74, 6) is 0.0197. The summed E-state index contributed by atoms with van der Waals surface area (Å²) in [6.07, 6.45) is 0. The number of aryl methyl sites for hydroxylation is 2. The van der Waals surface area contributed by atoms with Gasteiger partial charge in [-0.25, -0.2) is 14.8 Å². The highest BCUT2D eigenvalue weighted by Gasteiger charge is 2.12. The maximum absolute atomic E-state index is 10.5. The lowest BCUT2D eigenvalue weighted by molar-refractivity contribution is -0.139. The van der Waals surface area contributed by atoms with Crippen LogP contribution in [0.15, 0.2) is 30.3 Å². The Morgan fingerprint density at radius 2 is 1.74 bits per heavy atom. The van der Waals surface area contributed by atoms with Gasteiger partial charge < -0.3 is 9.84 Å². The third kappa shape index (κ3) is 3.07. The molecule has 5 nitrogen and oxygen atoms in total. The highest BCUT2D eigenvalue weighted by Crippen LogP contribution is 2.23. The number of benzene rings is 1. The lowest BCUT2D eigenvalue weighted by Crippen LogP contribution is -2.12. The first-order chi connectivity index (χ1) is 9.08. The van der Waals surface area contributed by atoms with Gasteiger partial charge in [-0.1, -0.05) is 30.3 Å². The molecule has 0 bridgehead atoms. The molecule has 0 amide bonds. The second-order valence-electron chi connectivity index (χ2n) is 4.10. The van der Waals surface area contributed by atoms with Crippen molar-refractivity contribution in [3.05, 3.63) is 41.7 Å². The van der Waals surface area contributed by atoms with Gasteiger partial charge in [-0.15, -0.1) is 0 Å². The van der Waals surface area contributed by atoms with Crippen LogP contribution in [0.3, 0.4) is 0 Å². The zero-order valence-electron chi connectivity index (χ0n) is 10.8. The number of hydrogen-bond acceptors (Lipinski definition) is 4. The molecule has 19 heavy (non-hydrogen) atoms. The molecule has 0 spiro atoms. The van der Waals surface area contributed by atoms with Crippen LogP contribution in [0.25, 0.3) is 11.4 Å². The molecule has 0 saturated carbocycles. The Morgan fingerprint density at radius 3 is 2.26 bits per heavy atom. The number of rotatable bonds is 4.